The second-order valence-electron chi connectivity index (χ2n) is 2.20. The second-order valence-corrected chi connectivity index (χ2v) is 2.20. The van der Waals surface area contributed by atoms with Crippen molar-refractivity contribution >= 4 is 51.5 Å². The molecule has 0 heterocycles. The van der Waals surface area contributed by atoms with Crippen LogP contribution in [0.5, 0.6) is 0 Å². The SMILES string of the molecule is CCCCCCC(=O)O.[SrH2]. The molecule has 0 fully saturated rings. The normalized spacial score (nSPS) is 8.50. The third-order valence-electron chi connectivity index (χ3n) is 1.24. The topological polar surface area (TPSA) is 37.3 Å². The van der Waals surface area contributed by atoms with E-state index in [1.807, 2.05) is 0 Å². The third-order valence-corrected chi connectivity index (χ3v) is 1.24. The zero-order valence-electron chi connectivity index (χ0n) is 5.89. The van der Waals surface area contributed by atoms with Crippen molar-refractivity contribution in [3.05, 3.63) is 0 Å². The Kier molecular flexibility index (Phi) is 13.5. The van der Waals surface area contributed by atoms with Gasteiger partial charge in [-0.15, -0.1) is 0 Å². The predicted octanol–water partition coefficient (Wildman–Crippen LogP) is 1.13. The van der Waals surface area contributed by atoms with E-state index in [0.717, 1.165) is 19.3 Å². The van der Waals surface area contributed by atoms with Gasteiger partial charge in [0.25, 0.3) is 0 Å². The molecule has 0 aliphatic carbocycles. The first-order chi connectivity index (χ1) is 4.27. The fourth-order valence-electron chi connectivity index (χ4n) is 0.703. The Morgan fingerprint density at radius 2 is 1.90 bits per heavy atom. The van der Waals surface area contributed by atoms with Crippen LogP contribution in [0.1, 0.15) is 39.0 Å². The van der Waals surface area contributed by atoms with Crippen molar-refractivity contribution in [3.63, 3.8) is 0 Å². The first-order valence-corrected chi connectivity index (χ1v) is 3.49. The zero-order valence-corrected chi connectivity index (χ0v) is 5.89. The van der Waals surface area contributed by atoms with Gasteiger partial charge in [0.15, 0.2) is 0 Å². The van der Waals surface area contributed by atoms with Crippen LogP contribution in [0, 0.1) is 0 Å². The van der Waals surface area contributed by atoms with Gasteiger partial charge < -0.3 is 5.11 Å². The maximum absolute atomic E-state index is 9.96. The van der Waals surface area contributed by atoms with E-state index in [0.29, 0.717) is 6.42 Å². The van der Waals surface area contributed by atoms with Gasteiger partial charge in [0, 0.05) is 6.42 Å². The summed E-state index contributed by atoms with van der Waals surface area (Å²) in [5, 5.41) is 8.21. The fraction of sp³-hybridized carbons (Fsp3) is 0.857. The molecular weight excluding hydrogens is 204 g/mol. The molecule has 0 saturated heterocycles. The first-order valence-electron chi connectivity index (χ1n) is 3.49. The van der Waals surface area contributed by atoms with Gasteiger partial charge in [-0.3, -0.25) is 4.79 Å². The van der Waals surface area contributed by atoms with Crippen molar-refractivity contribution in [2.75, 3.05) is 0 Å². The van der Waals surface area contributed by atoms with E-state index in [9.17, 15) is 4.79 Å². The predicted molar refractivity (Wildman–Crippen MR) is 44.9 cm³/mol. The van der Waals surface area contributed by atoms with Crippen molar-refractivity contribution in [2.45, 2.75) is 39.0 Å². The Bertz CT molecular complexity index is 83.7. The molecule has 0 saturated carbocycles. The van der Waals surface area contributed by atoms with Crippen LogP contribution < -0.4 is 0 Å². The average molecular weight is 220 g/mol. The van der Waals surface area contributed by atoms with E-state index < -0.39 is 5.97 Å². The molecule has 0 aromatic rings. The van der Waals surface area contributed by atoms with Gasteiger partial charge in [-0.05, 0) is 6.42 Å². The van der Waals surface area contributed by atoms with Crippen molar-refractivity contribution in [3.8, 4) is 0 Å². The Labute approximate surface area is 99.3 Å². The van der Waals surface area contributed by atoms with Crippen molar-refractivity contribution in [1.82, 2.24) is 0 Å². The molecule has 58 valence electrons. The summed E-state index contributed by atoms with van der Waals surface area (Å²) in [6, 6.07) is 0. The van der Waals surface area contributed by atoms with Gasteiger partial charge in [-0.2, -0.15) is 0 Å². The molecular formula is C7H16O2Sr. The van der Waals surface area contributed by atoms with E-state index in [4.69, 9.17) is 5.11 Å². The van der Waals surface area contributed by atoms with E-state index in [1.165, 1.54) is 6.42 Å². The molecule has 0 aliphatic rings. The minimum atomic E-state index is -0.675. The Morgan fingerprint density at radius 1 is 1.30 bits per heavy atom. The number of hydrogen-bond acceptors (Lipinski definition) is 1. The molecule has 0 unspecified atom stereocenters. The average Bonchev–Trinajstić information content (AvgIpc) is 1.80. The zero-order chi connectivity index (χ0) is 7.11. The van der Waals surface area contributed by atoms with Crippen LogP contribution in [-0.4, -0.2) is 56.6 Å². The molecule has 0 radical (unpaired) electrons. The van der Waals surface area contributed by atoms with Crippen LogP contribution in [-0.2, 0) is 4.79 Å². The van der Waals surface area contributed by atoms with Crippen molar-refractivity contribution < 1.29 is 9.90 Å². The number of hydrogen-bond donors (Lipinski definition) is 1. The third kappa shape index (κ3) is 11.7. The monoisotopic (exact) mass is 220 g/mol. The van der Waals surface area contributed by atoms with Crippen molar-refractivity contribution in [1.29, 1.82) is 0 Å². The van der Waals surface area contributed by atoms with Gasteiger partial charge in [-0.25, -0.2) is 0 Å². The molecule has 0 aromatic carbocycles. The van der Waals surface area contributed by atoms with Crippen LogP contribution in [0.2, 0.25) is 0 Å². The van der Waals surface area contributed by atoms with E-state index in [-0.39, 0.29) is 45.5 Å². The second kappa shape index (κ2) is 9.95. The first kappa shape index (κ1) is 13.5. The molecule has 0 rings (SSSR count). The summed E-state index contributed by atoms with van der Waals surface area (Å²) in [7, 11) is 0. The molecule has 0 aliphatic heterocycles. The summed E-state index contributed by atoms with van der Waals surface area (Å²) in [4.78, 5) is 9.96. The minimum absolute atomic E-state index is 0. The summed E-state index contributed by atoms with van der Waals surface area (Å²) < 4.78 is 0. The number of aliphatic carboxylic acids is 1. The molecule has 0 atom stereocenters. The summed E-state index contributed by atoms with van der Waals surface area (Å²) in [5.74, 6) is -0.675. The van der Waals surface area contributed by atoms with Crippen molar-refractivity contribution in [2.24, 2.45) is 0 Å². The van der Waals surface area contributed by atoms with E-state index >= 15 is 0 Å². The molecule has 0 spiro atoms. The number of rotatable bonds is 5. The number of carbonyl (C=O) groups is 1. The van der Waals surface area contributed by atoms with Crippen LogP contribution in [0.3, 0.4) is 0 Å². The number of carboxylic acid groups (broad SMARTS) is 1. The van der Waals surface area contributed by atoms with Gasteiger partial charge in [0.05, 0.1) is 0 Å². The Morgan fingerprint density at radius 3 is 2.30 bits per heavy atom. The van der Waals surface area contributed by atoms with Gasteiger partial charge in [0.1, 0.15) is 0 Å². The molecule has 0 bridgehead atoms. The van der Waals surface area contributed by atoms with Crippen LogP contribution in [0.4, 0.5) is 0 Å². The molecule has 10 heavy (non-hydrogen) atoms. The van der Waals surface area contributed by atoms with Crippen LogP contribution in [0.25, 0.3) is 0 Å². The van der Waals surface area contributed by atoms with Crippen LogP contribution >= 0.6 is 0 Å². The number of unbranched alkanes of at least 4 members (excludes halogenated alkanes) is 3. The van der Waals surface area contributed by atoms with Gasteiger partial charge in [-0.1, -0.05) is 26.2 Å². The number of carboxylic acids is 1. The summed E-state index contributed by atoms with van der Waals surface area (Å²) in [6.07, 6.45) is 4.55. The maximum atomic E-state index is 9.96. The summed E-state index contributed by atoms with van der Waals surface area (Å²) in [5.41, 5.74) is 0. The van der Waals surface area contributed by atoms with E-state index in [1.54, 1.807) is 0 Å². The standard InChI is InChI=1S/C7H14O2.Sr.2H/c1-2-3-4-5-6-7(8)9;;;/h2-6H2,1H3,(H,8,9);;;. The summed E-state index contributed by atoms with van der Waals surface area (Å²) >= 11 is 0. The molecule has 2 nitrogen and oxygen atoms in total. The molecule has 0 amide bonds. The fourth-order valence-corrected chi connectivity index (χ4v) is 0.703. The Balaban J connectivity index is 0. The summed E-state index contributed by atoms with van der Waals surface area (Å²) in [6.45, 7) is 2.11. The van der Waals surface area contributed by atoms with E-state index in [2.05, 4.69) is 6.92 Å². The quantitative estimate of drug-likeness (QED) is 0.556. The molecule has 0 aromatic heterocycles. The van der Waals surface area contributed by atoms with Gasteiger partial charge >= 0.3 is 51.5 Å². The molecule has 1 N–H and O–H groups in total. The van der Waals surface area contributed by atoms with Crippen LogP contribution in [0.15, 0.2) is 0 Å². The Hall–Kier alpha value is 0.951. The van der Waals surface area contributed by atoms with Gasteiger partial charge in [0.2, 0.25) is 0 Å². The molecule has 3 heteroatoms.